The first-order chi connectivity index (χ1) is 4.87. The molecule has 0 atom stereocenters. The highest BCUT2D eigenvalue weighted by Gasteiger charge is 2.10. The molecular formula is C9H18N2. The lowest BCUT2D eigenvalue weighted by atomic mass is 10.1. The summed E-state index contributed by atoms with van der Waals surface area (Å²) in [5.74, 6) is 0. The van der Waals surface area contributed by atoms with Crippen LogP contribution in [0, 0.1) is 0 Å². The third kappa shape index (κ3) is 4.48. The molecule has 64 valence electrons. The Morgan fingerprint density at radius 3 is 2.00 bits per heavy atom. The van der Waals surface area contributed by atoms with E-state index in [1.54, 1.807) is 0 Å². The van der Waals surface area contributed by atoms with Crippen LogP contribution in [0.25, 0.3) is 0 Å². The lowest BCUT2D eigenvalue weighted by Crippen LogP contribution is -2.36. The van der Waals surface area contributed by atoms with E-state index in [1.165, 1.54) is 0 Å². The van der Waals surface area contributed by atoms with Crippen molar-refractivity contribution < 1.29 is 0 Å². The number of nitrogens with two attached hydrogens (primary N) is 1. The fourth-order valence-corrected chi connectivity index (χ4v) is 0.742. The van der Waals surface area contributed by atoms with Crippen molar-refractivity contribution >= 4 is 0 Å². The van der Waals surface area contributed by atoms with Gasteiger partial charge in [0.05, 0.1) is 5.70 Å². The third-order valence-electron chi connectivity index (χ3n) is 1.14. The smallest absolute Gasteiger partial charge is 0.0528 e. The number of nitrogens with one attached hydrogen (secondary N) is 1. The van der Waals surface area contributed by atoms with E-state index < -0.39 is 0 Å². The first-order valence-electron chi connectivity index (χ1n) is 3.76. The highest BCUT2D eigenvalue weighted by atomic mass is 15.0. The zero-order valence-corrected chi connectivity index (χ0v) is 7.86. The Morgan fingerprint density at radius 2 is 1.91 bits per heavy atom. The van der Waals surface area contributed by atoms with E-state index in [-0.39, 0.29) is 5.54 Å². The van der Waals surface area contributed by atoms with Gasteiger partial charge in [-0.2, -0.15) is 0 Å². The number of hydrogen-bond acceptors (Lipinski definition) is 2. The summed E-state index contributed by atoms with van der Waals surface area (Å²) in [7, 11) is 0. The van der Waals surface area contributed by atoms with Crippen LogP contribution in [0.2, 0.25) is 0 Å². The third-order valence-corrected chi connectivity index (χ3v) is 1.14. The number of allylic oxidation sites excluding steroid dienone is 1. The summed E-state index contributed by atoms with van der Waals surface area (Å²) >= 11 is 0. The summed E-state index contributed by atoms with van der Waals surface area (Å²) < 4.78 is 0. The van der Waals surface area contributed by atoms with Crippen LogP contribution in [0.4, 0.5) is 0 Å². The van der Waals surface area contributed by atoms with Crippen molar-refractivity contribution in [2.45, 2.75) is 33.2 Å². The molecule has 0 saturated heterocycles. The van der Waals surface area contributed by atoms with Gasteiger partial charge in [-0.25, -0.2) is 0 Å². The first-order valence-corrected chi connectivity index (χ1v) is 3.76. The lowest BCUT2D eigenvalue weighted by Gasteiger charge is -2.24. The van der Waals surface area contributed by atoms with Gasteiger partial charge < -0.3 is 11.1 Å². The summed E-state index contributed by atoms with van der Waals surface area (Å²) in [4.78, 5) is 0. The van der Waals surface area contributed by atoms with Gasteiger partial charge in [0.25, 0.3) is 0 Å². The molecule has 0 aliphatic rings. The summed E-state index contributed by atoms with van der Waals surface area (Å²) in [6.07, 6.45) is 1.92. The highest BCUT2D eigenvalue weighted by molar-refractivity contribution is 5.23. The molecule has 0 aromatic heterocycles. The van der Waals surface area contributed by atoms with Crippen LogP contribution in [-0.2, 0) is 0 Å². The summed E-state index contributed by atoms with van der Waals surface area (Å²) in [5, 5.41) is 3.24. The Labute approximate surface area is 69.2 Å². The molecule has 0 aromatic rings. The second-order valence-corrected chi connectivity index (χ2v) is 3.60. The Kier molecular flexibility index (Phi) is 3.18. The van der Waals surface area contributed by atoms with E-state index in [2.05, 4.69) is 32.7 Å². The van der Waals surface area contributed by atoms with Crippen molar-refractivity contribution in [3.8, 4) is 0 Å². The highest BCUT2D eigenvalue weighted by Crippen LogP contribution is 2.06. The van der Waals surface area contributed by atoms with Crippen LogP contribution >= 0.6 is 0 Å². The predicted molar refractivity (Wildman–Crippen MR) is 50.0 cm³/mol. The maximum atomic E-state index is 5.53. The second-order valence-electron chi connectivity index (χ2n) is 3.60. The molecular weight excluding hydrogens is 136 g/mol. The van der Waals surface area contributed by atoms with E-state index in [9.17, 15) is 0 Å². The molecule has 0 amide bonds. The molecule has 0 aromatic carbocycles. The van der Waals surface area contributed by atoms with Crippen LogP contribution in [0.3, 0.4) is 0 Å². The van der Waals surface area contributed by atoms with Crippen molar-refractivity contribution in [2.75, 3.05) is 0 Å². The van der Waals surface area contributed by atoms with Crippen molar-refractivity contribution in [1.82, 2.24) is 5.32 Å². The van der Waals surface area contributed by atoms with Crippen molar-refractivity contribution in [2.24, 2.45) is 5.73 Å². The summed E-state index contributed by atoms with van der Waals surface area (Å²) in [6, 6.07) is 0. The van der Waals surface area contributed by atoms with Gasteiger partial charge in [-0.05, 0) is 27.7 Å². The van der Waals surface area contributed by atoms with Gasteiger partial charge in [-0.3, -0.25) is 0 Å². The molecule has 0 fully saturated rings. The van der Waals surface area contributed by atoms with Crippen LogP contribution in [0.1, 0.15) is 27.7 Å². The molecule has 3 N–H and O–H groups in total. The molecule has 0 bridgehead atoms. The maximum Gasteiger partial charge on any atom is 0.0528 e. The van der Waals surface area contributed by atoms with Gasteiger partial charge in [0, 0.05) is 11.2 Å². The zero-order chi connectivity index (χ0) is 9.07. The van der Waals surface area contributed by atoms with Crippen molar-refractivity contribution in [3.63, 3.8) is 0 Å². The average Bonchev–Trinajstić information content (AvgIpc) is 1.80. The monoisotopic (exact) mass is 154 g/mol. The van der Waals surface area contributed by atoms with Gasteiger partial charge in [-0.15, -0.1) is 0 Å². The summed E-state index contributed by atoms with van der Waals surface area (Å²) in [5.41, 5.74) is 7.07. The van der Waals surface area contributed by atoms with Crippen molar-refractivity contribution in [3.05, 3.63) is 24.0 Å². The zero-order valence-electron chi connectivity index (χ0n) is 7.86. The molecule has 2 heteroatoms. The minimum absolute atomic E-state index is 0.0458. The molecule has 0 aliphatic heterocycles. The standard InChI is InChI=1S/C9H18N2/c1-6-8(7(2)10)11-9(3,4)5/h6,11H,2,10H2,1,3-5H3/b8-6+. The number of hydrogen-bond donors (Lipinski definition) is 2. The molecule has 0 saturated carbocycles. The quantitative estimate of drug-likeness (QED) is 0.595. The molecule has 0 spiro atoms. The maximum absolute atomic E-state index is 5.53. The van der Waals surface area contributed by atoms with Crippen molar-refractivity contribution in [1.29, 1.82) is 0 Å². The molecule has 0 aliphatic carbocycles. The molecule has 11 heavy (non-hydrogen) atoms. The molecule has 0 radical (unpaired) electrons. The largest absolute Gasteiger partial charge is 0.398 e. The normalized spacial score (nSPS) is 12.9. The second kappa shape index (κ2) is 3.46. The Morgan fingerprint density at radius 1 is 1.45 bits per heavy atom. The fourth-order valence-electron chi connectivity index (χ4n) is 0.742. The molecule has 2 nitrogen and oxygen atoms in total. The van der Waals surface area contributed by atoms with Crippen LogP contribution in [-0.4, -0.2) is 5.54 Å². The molecule has 0 unspecified atom stereocenters. The fraction of sp³-hybridized carbons (Fsp3) is 0.556. The van der Waals surface area contributed by atoms with E-state index in [4.69, 9.17) is 5.73 Å². The van der Waals surface area contributed by atoms with E-state index in [0.717, 1.165) is 5.70 Å². The van der Waals surface area contributed by atoms with E-state index in [1.807, 2.05) is 13.0 Å². The number of rotatable bonds is 2. The molecule has 0 heterocycles. The van der Waals surface area contributed by atoms with Gasteiger partial charge in [0.15, 0.2) is 0 Å². The van der Waals surface area contributed by atoms with Crippen LogP contribution in [0.15, 0.2) is 24.0 Å². The SMILES string of the molecule is C=C(N)/C(=C\C)NC(C)(C)C. The minimum atomic E-state index is 0.0458. The Bertz CT molecular complexity index is 172. The van der Waals surface area contributed by atoms with Gasteiger partial charge in [-0.1, -0.05) is 12.7 Å². The topological polar surface area (TPSA) is 38.0 Å². The van der Waals surface area contributed by atoms with E-state index in [0.29, 0.717) is 5.70 Å². The van der Waals surface area contributed by atoms with Gasteiger partial charge >= 0.3 is 0 Å². The Hall–Kier alpha value is -0.920. The van der Waals surface area contributed by atoms with Gasteiger partial charge in [0.2, 0.25) is 0 Å². The average molecular weight is 154 g/mol. The Balaban J connectivity index is 4.24. The molecule has 0 rings (SSSR count). The lowest BCUT2D eigenvalue weighted by molar-refractivity contribution is 0.475. The predicted octanol–water partition coefficient (Wildman–Crippen LogP) is 1.75. The first kappa shape index (κ1) is 10.1. The van der Waals surface area contributed by atoms with E-state index >= 15 is 0 Å². The van der Waals surface area contributed by atoms with Crippen LogP contribution in [0.5, 0.6) is 0 Å². The van der Waals surface area contributed by atoms with Crippen LogP contribution < -0.4 is 11.1 Å². The summed E-state index contributed by atoms with van der Waals surface area (Å²) in [6.45, 7) is 11.8. The van der Waals surface area contributed by atoms with Gasteiger partial charge in [0.1, 0.15) is 0 Å². The minimum Gasteiger partial charge on any atom is -0.398 e.